The first kappa shape index (κ1) is 20.4. The highest BCUT2D eigenvalue weighted by Gasteiger charge is 2.11. The molecule has 0 saturated carbocycles. The normalized spacial score (nSPS) is 10.9. The summed E-state index contributed by atoms with van der Waals surface area (Å²) in [6, 6.07) is 26.2. The fourth-order valence-electron chi connectivity index (χ4n) is 3.10. The van der Waals surface area contributed by atoms with Crippen molar-refractivity contribution in [2.75, 3.05) is 0 Å². The first-order valence-corrected chi connectivity index (χ1v) is 10.1. The Labute approximate surface area is 185 Å². The molecule has 5 nitrogen and oxygen atoms in total. The SMILES string of the molecule is O=C(N/N=C\c1ccccc1OCc1ccccc1Cl)c1ccccc1-n1cccc1. The van der Waals surface area contributed by atoms with Crippen LogP contribution < -0.4 is 10.2 Å². The maximum Gasteiger partial charge on any atom is 0.273 e. The lowest BCUT2D eigenvalue weighted by atomic mass is 10.1. The molecule has 3 aromatic carbocycles. The number of rotatable bonds is 7. The lowest BCUT2D eigenvalue weighted by Crippen LogP contribution is -2.19. The molecule has 154 valence electrons. The van der Waals surface area contributed by atoms with E-state index in [9.17, 15) is 4.79 Å². The average Bonchev–Trinajstić information content (AvgIpc) is 3.34. The summed E-state index contributed by atoms with van der Waals surface area (Å²) in [7, 11) is 0. The molecule has 0 unspecified atom stereocenters. The number of carbonyl (C=O) groups excluding carboxylic acids is 1. The van der Waals surface area contributed by atoms with Gasteiger partial charge in [0.05, 0.1) is 17.5 Å². The van der Waals surface area contributed by atoms with Crippen molar-refractivity contribution in [3.05, 3.63) is 119 Å². The molecule has 1 aromatic heterocycles. The molecule has 0 atom stereocenters. The third-order valence-corrected chi connectivity index (χ3v) is 5.03. The molecule has 4 aromatic rings. The van der Waals surface area contributed by atoms with Crippen LogP contribution in [0.3, 0.4) is 0 Å². The largest absolute Gasteiger partial charge is 0.488 e. The molecule has 6 heteroatoms. The Kier molecular flexibility index (Phi) is 6.45. The molecule has 1 amide bonds. The molecular formula is C25H20ClN3O2. The van der Waals surface area contributed by atoms with E-state index < -0.39 is 0 Å². The van der Waals surface area contributed by atoms with E-state index in [4.69, 9.17) is 16.3 Å². The van der Waals surface area contributed by atoms with E-state index in [1.165, 1.54) is 0 Å². The molecule has 0 bridgehead atoms. The number of benzene rings is 3. The molecule has 0 aliphatic heterocycles. The van der Waals surface area contributed by atoms with Gasteiger partial charge in [-0.05, 0) is 42.5 Å². The van der Waals surface area contributed by atoms with Gasteiger partial charge in [-0.1, -0.05) is 54.1 Å². The summed E-state index contributed by atoms with van der Waals surface area (Å²) in [6.45, 7) is 0.334. The van der Waals surface area contributed by atoms with Crippen molar-refractivity contribution in [3.63, 3.8) is 0 Å². The topological polar surface area (TPSA) is 55.6 Å². The molecular weight excluding hydrogens is 410 g/mol. The molecule has 0 aliphatic rings. The molecule has 0 saturated heterocycles. The van der Waals surface area contributed by atoms with Gasteiger partial charge in [-0.3, -0.25) is 4.79 Å². The zero-order valence-electron chi connectivity index (χ0n) is 16.6. The van der Waals surface area contributed by atoms with Crippen molar-refractivity contribution in [1.29, 1.82) is 0 Å². The third kappa shape index (κ3) is 5.02. The standard InChI is InChI=1S/C25H20ClN3O2/c26-22-12-4-1-10-20(22)18-31-24-14-6-2-9-19(24)17-27-28-25(30)21-11-3-5-13-23(21)29-15-7-8-16-29/h1-17H,18H2,(H,28,30)/b27-17-. The quantitative estimate of drug-likeness (QED) is 0.312. The second kappa shape index (κ2) is 9.78. The fraction of sp³-hybridized carbons (Fsp3) is 0.0400. The van der Waals surface area contributed by atoms with Crippen molar-refractivity contribution in [3.8, 4) is 11.4 Å². The van der Waals surface area contributed by atoms with Gasteiger partial charge in [0.2, 0.25) is 0 Å². The van der Waals surface area contributed by atoms with Crippen LogP contribution in [0.5, 0.6) is 5.75 Å². The van der Waals surface area contributed by atoms with E-state index in [1.807, 2.05) is 95.8 Å². The third-order valence-electron chi connectivity index (χ3n) is 4.66. The van der Waals surface area contributed by atoms with Gasteiger partial charge >= 0.3 is 0 Å². The van der Waals surface area contributed by atoms with Gasteiger partial charge in [0.15, 0.2) is 0 Å². The van der Waals surface area contributed by atoms with Crippen LogP contribution in [0.4, 0.5) is 0 Å². The van der Waals surface area contributed by atoms with Gasteiger partial charge in [0.1, 0.15) is 12.4 Å². The highest BCUT2D eigenvalue weighted by Crippen LogP contribution is 2.21. The number of carbonyl (C=O) groups is 1. The molecule has 31 heavy (non-hydrogen) atoms. The van der Waals surface area contributed by atoms with Crippen molar-refractivity contribution in [2.45, 2.75) is 6.61 Å². The Bertz CT molecular complexity index is 1200. The van der Waals surface area contributed by atoms with Crippen LogP contribution >= 0.6 is 11.6 Å². The molecule has 0 aliphatic carbocycles. The number of nitrogens with zero attached hydrogens (tertiary/aromatic N) is 2. The monoisotopic (exact) mass is 429 g/mol. The zero-order valence-corrected chi connectivity index (χ0v) is 17.4. The zero-order chi connectivity index (χ0) is 21.5. The number of ether oxygens (including phenoxy) is 1. The highest BCUT2D eigenvalue weighted by atomic mass is 35.5. The second-order valence-corrected chi connectivity index (χ2v) is 7.13. The van der Waals surface area contributed by atoms with Gasteiger partial charge < -0.3 is 9.30 Å². The molecule has 1 heterocycles. The predicted octanol–water partition coefficient (Wildman–Crippen LogP) is 5.47. The van der Waals surface area contributed by atoms with E-state index >= 15 is 0 Å². The average molecular weight is 430 g/mol. The summed E-state index contributed by atoms with van der Waals surface area (Å²) in [5.74, 6) is 0.350. The van der Waals surface area contributed by atoms with E-state index in [-0.39, 0.29) is 5.91 Å². The Morgan fingerprint density at radius 1 is 0.935 bits per heavy atom. The Balaban J connectivity index is 1.46. The lowest BCUT2D eigenvalue weighted by molar-refractivity contribution is 0.0955. The second-order valence-electron chi connectivity index (χ2n) is 6.72. The summed E-state index contributed by atoms with van der Waals surface area (Å²) in [6.07, 6.45) is 5.35. The molecule has 0 radical (unpaired) electrons. The summed E-state index contributed by atoms with van der Waals surface area (Å²) < 4.78 is 7.81. The van der Waals surface area contributed by atoms with Crippen molar-refractivity contribution < 1.29 is 9.53 Å². The smallest absolute Gasteiger partial charge is 0.273 e. The maximum atomic E-state index is 12.7. The Hall–Kier alpha value is -3.83. The number of para-hydroxylation sites is 2. The molecule has 4 rings (SSSR count). The highest BCUT2D eigenvalue weighted by molar-refractivity contribution is 6.31. The lowest BCUT2D eigenvalue weighted by Gasteiger charge is -2.10. The number of hydrogen-bond donors (Lipinski definition) is 1. The van der Waals surface area contributed by atoms with Crippen LogP contribution in [0.25, 0.3) is 5.69 Å². The van der Waals surface area contributed by atoms with Crippen LogP contribution in [0, 0.1) is 0 Å². The van der Waals surface area contributed by atoms with Gasteiger partial charge in [-0.2, -0.15) is 5.10 Å². The summed E-state index contributed by atoms with van der Waals surface area (Å²) in [4.78, 5) is 12.7. The molecule has 0 fully saturated rings. The summed E-state index contributed by atoms with van der Waals surface area (Å²) >= 11 is 6.20. The molecule has 0 spiro atoms. The van der Waals surface area contributed by atoms with E-state index in [0.717, 1.165) is 16.8 Å². The van der Waals surface area contributed by atoms with E-state index in [1.54, 1.807) is 12.3 Å². The van der Waals surface area contributed by atoms with Crippen LogP contribution in [-0.2, 0) is 6.61 Å². The first-order chi connectivity index (χ1) is 15.2. The minimum atomic E-state index is -0.296. The summed E-state index contributed by atoms with van der Waals surface area (Å²) in [5.41, 5.74) is 5.55. The Morgan fingerprint density at radius 2 is 1.65 bits per heavy atom. The predicted molar refractivity (Wildman–Crippen MR) is 123 cm³/mol. The van der Waals surface area contributed by atoms with Crippen molar-refractivity contribution in [1.82, 2.24) is 9.99 Å². The van der Waals surface area contributed by atoms with E-state index in [0.29, 0.717) is 22.9 Å². The minimum Gasteiger partial charge on any atom is -0.488 e. The van der Waals surface area contributed by atoms with Crippen LogP contribution in [-0.4, -0.2) is 16.7 Å². The number of nitrogens with one attached hydrogen (secondary N) is 1. The number of hydrogen-bond acceptors (Lipinski definition) is 3. The van der Waals surface area contributed by atoms with Crippen LogP contribution in [0.2, 0.25) is 5.02 Å². The van der Waals surface area contributed by atoms with E-state index in [2.05, 4.69) is 10.5 Å². The van der Waals surface area contributed by atoms with Crippen molar-refractivity contribution >= 4 is 23.7 Å². The van der Waals surface area contributed by atoms with Crippen LogP contribution in [0.1, 0.15) is 21.5 Å². The molecule has 1 N–H and O–H groups in total. The summed E-state index contributed by atoms with van der Waals surface area (Å²) in [5, 5.41) is 4.79. The van der Waals surface area contributed by atoms with Gasteiger partial charge in [0.25, 0.3) is 5.91 Å². The van der Waals surface area contributed by atoms with Crippen molar-refractivity contribution in [2.24, 2.45) is 5.10 Å². The number of hydrazone groups is 1. The number of halogens is 1. The van der Waals surface area contributed by atoms with Gasteiger partial charge in [-0.25, -0.2) is 5.43 Å². The van der Waals surface area contributed by atoms with Gasteiger partial charge in [0, 0.05) is 28.5 Å². The number of amides is 1. The number of aromatic nitrogens is 1. The Morgan fingerprint density at radius 3 is 2.48 bits per heavy atom. The van der Waals surface area contributed by atoms with Crippen LogP contribution in [0.15, 0.2) is 102 Å². The fourth-order valence-corrected chi connectivity index (χ4v) is 3.29. The maximum absolute atomic E-state index is 12.7. The van der Waals surface area contributed by atoms with Gasteiger partial charge in [-0.15, -0.1) is 0 Å². The minimum absolute atomic E-state index is 0.296. The first-order valence-electron chi connectivity index (χ1n) is 9.73.